The fourth-order valence-electron chi connectivity index (χ4n) is 3.24. The summed E-state index contributed by atoms with van der Waals surface area (Å²) in [6, 6.07) is 13.2. The molecule has 2 N–H and O–H groups in total. The van der Waals surface area contributed by atoms with Gasteiger partial charge in [-0.3, -0.25) is 9.69 Å². The average molecular weight is 426 g/mol. The number of nitrogens with zero attached hydrogens (tertiary/aromatic N) is 1. The Balaban J connectivity index is 0.00000280. The van der Waals surface area contributed by atoms with Crippen molar-refractivity contribution in [3.8, 4) is 11.5 Å². The van der Waals surface area contributed by atoms with E-state index in [9.17, 15) is 4.79 Å². The number of rotatable bonds is 6. The lowest BCUT2D eigenvalue weighted by Gasteiger charge is -2.36. The molecule has 1 heterocycles. The monoisotopic (exact) mass is 425 g/mol. The van der Waals surface area contributed by atoms with Crippen molar-refractivity contribution in [2.45, 2.75) is 6.04 Å². The number of nitrogens with one attached hydrogen (secondary N) is 2. The van der Waals surface area contributed by atoms with Crippen LogP contribution < -0.4 is 20.1 Å². The zero-order chi connectivity index (χ0) is 19.2. The summed E-state index contributed by atoms with van der Waals surface area (Å²) in [5, 5.41) is 7.02. The highest BCUT2D eigenvalue weighted by Gasteiger charge is 2.25. The lowest BCUT2D eigenvalue weighted by atomic mass is 10.0. The van der Waals surface area contributed by atoms with E-state index in [-0.39, 0.29) is 24.4 Å². The second-order valence-electron chi connectivity index (χ2n) is 6.39. The van der Waals surface area contributed by atoms with E-state index in [1.807, 2.05) is 24.3 Å². The van der Waals surface area contributed by atoms with Gasteiger partial charge in [-0.15, -0.1) is 12.4 Å². The molecule has 28 heavy (non-hydrogen) atoms. The maximum Gasteiger partial charge on any atom is 0.238 e. The molecule has 2 aromatic carbocycles. The van der Waals surface area contributed by atoms with E-state index in [0.717, 1.165) is 25.2 Å². The zero-order valence-corrected chi connectivity index (χ0v) is 17.5. The van der Waals surface area contributed by atoms with E-state index in [4.69, 9.17) is 21.1 Å². The molecular weight excluding hydrogens is 401 g/mol. The summed E-state index contributed by atoms with van der Waals surface area (Å²) in [5.41, 5.74) is 1.75. The highest BCUT2D eigenvalue weighted by molar-refractivity contribution is 6.30. The number of amides is 1. The summed E-state index contributed by atoms with van der Waals surface area (Å²) in [6.45, 7) is 2.70. The minimum absolute atomic E-state index is 0. The van der Waals surface area contributed by atoms with E-state index >= 15 is 0 Å². The van der Waals surface area contributed by atoms with Crippen LogP contribution in [0.25, 0.3) is 0 Å². The van der Waals surface area contributed by atoms with Gasteiger partial charge in [-0.05, 0) is 17.7 Å². The summed E-state index contributed by atoms with van der Waals surface area (Å²) >= 11 is 6.14. The maximum atomic E-state index is 12.6. The van der Waals surface area contributed by atoms with E-state index < -0.39 is 0 Å². The fraction of sp³-hybridized carbons (Fsp3) is 0.350. The maximum absolute atomic E-state index is 12.6. The second kappa shape index (κ2) is 10.5. The molecule has 1 unspecified atom stereocenters. The molecule has 0 aromatic heterocycles. The van der Waals surface area contributed by atoms with Crippen molar-refractivity contribution in [2.75, 3.05) is 45.7 Å². The number of ether oxygens (including phenoxy) is 2. The molecule has 0 saturated carbocycles. The first kappa shape index (κ1) is 22.3. The minimum atomic E-state index is -0.0840. The van der Waals surface area contributed by atoms with Crippen LogP contribution in [0.1, 0.15) is 11.6 Å². The number of carbonyl (C=O) groups is 1. The van der Waals surface area contributed by atoms with Crippen LogP contribution in [0.15, 0.2) is 42.5 Å². The van der Waals surface area contributed by atoms with Gasteiger partial charge in [-0.2, -0.15) is 0 Å². The van der Waals surface area contributed by atoms with Crippen LogP contribution in [0.3, 0.4) is 0 Å². The first-order valence-corrected chi connectivity index (χ1v) is 9.20. The van der Waals surface area contributed by atoms with Crippen LogP contribution in [0.5, 0.6) is 11.5 Å². The van der Waals surface area contributed by atoms with Gasteiger partial charge in [-0.25, -0.2) is 0 Å². The Kier molecular flexibility index (Phi) is 8.38. The van der Waals surface area contributed by atoms with E-state index in [1.54, 1.807) is 32.4 Å². The Morgan fingerprint density at radius 2 is 1.93 bits per heavy atom. The van der Waals surface area contributed by atoms with Gasteiger partial charge in [0.25, 0.3) is 0 Å². The molecule has 1 amide bonds. The van der Waals surface area contributed by atoms with Crippen LogP contribution in [-0.4, -0.2) is 51.2 Å². The van der Waals surface area contributed by atoms with Gasteiger partial charge in [0, 0.05) is 54.6 Å². The number of methoxy groups -OCH3 is 2. The quantitative estimate of drug-likeness (QED) is 0.742. The normalized spacial score (nSPS) is 16.8. The zero-order valence-electron chi connectivity index (χ0n) is 15.9. The lowest BCUT2D eigenvalue weighted by Crippen LogP contribution is -2.48. The smallest absolute Gasteiger partial charge is 0.238 e. The van der Waals surface area contributed by atoms with Crippen LogP contribution in [0.4, 0.5) is 5.69 Å². The molecule has 6 nitrogen and oxygen atoms in total. The van der Waals surface area contributed by atoms with Crippen LogP contribution in [0.2, 0.25) is 5.02 Å². The Morgan fingerprint density at radius 1 is 1.21 bits per heavy atom. The third-order valence-electron chi connectivity index (χ3n) is 4.57. The average Bonchev–Trinajstić information content (AvgIpc) is 2.68. The largest absolute Gasteiger partial charge is 0.497 e. The SMILES string of the molecule is COc1cc(NC(=O)CN2CCNCC2c2cccc(Cl)c2)cc(OC)c1.Cl. The number of benzene rings is 2. The van der Waals surface area contributed by atoms with Crippen molar-refractivity contribution in [3.63, 3.8) is 0 Å². The molecule has 1 atom stereocenters. The van der Waals surface area contributed by atoms with Crippen LogP contribution in [-0.2, 0) is 4.79 Å². The van der Waals surface area contributed by atoms with Gasteiger partial charge in [0.2, 0.25) is 5.91 Å². The van der Waals surface area contributed by atoms with E-state index in [1.165, 1.54) is 0 Å². The molecule has 1 saturated heterocycles. The van der Waals surface area contributed by atoms with Crippen molar-refractivity contribution in [1.29, 1.82) is 0 Å². The van der Waals surface area contributed by atoms with Crippen molar-refractivity contribution >= 4 is 35.6 Å². The Morgan fingerprint density at radius 3 is 2.57 bits per heavy atom. The first-order chi connectivity index (χ1) is 13.1. The number of anilines is 1. The van der Waals surface area contributed by atoms with Crippen molar-refractivity contribution in [1.82, 2.24) is 10.2 Å². The molecule has 152 valence electrons. The summed E-state index contributed by atoms with van der Waals surface area (Å²) in [5.74, 6) is 1.17. The molecule has 1 aliphatic rings. The van der Waals surface area contributed by atoms with Crippen molar-refractivity contribution < 1.29 is 14.3 Å². The predicted molar refractivity (Wildman–Crippen MR) is 114 cm³/mol. The third-order valence-corrected chi connectivity index (χ3v) is 4.80. The standard InChI is InChI=1S/C20H24ClN3O3.ClH/c1-26-17-9-16(10-18(11-17)27-2)23-20(25)13-24-7-6-22-12-19(24)14-4-3-5-15(21)8-14;/h3-5,8-11,19,22H,6-7,12-13H2,1-2H3,(H,23,25);1H. The van der Waals surface area contributed by atoms with E-state index in [0.29, 0.717) is 28.8 Å². The van der Waals surface area contributed by atoms with Crippen LogP contribution >= 0.6 is 24.0 Å². The summed E-state index contributed by atoms with van der Waals surface area (Å²) in [6.07, 6.45) is 0. The number of hydrogen-bond donors (Lipinski definition) is 2. The van der Waals surface area contributed by atoms with Gasteiger partial charge in [-0.1, -0.05) is 23.7 Å². The van der Waals surface area contributed by atoms with Crippen molar-refractivity contribution in [2.24, 2.45) is 0 Å². The highest BCUT2D eigenvalue weighted by atomic mass is 35.5. The van der Waals surface area contributed by atoms with Gasteiger partial charge in [0.15, 0.2) is 0 Å². The number of carbonyl (C=O) groups excluding carboxylic acids is 1. The summed E-state index contributed by atoms with van der Waals surface area (Å²) in [4.78, 5) is 14.8. The van der Waals surface area contributed by atoms with Crippen molar-refractivity contribution in [3.05, 3.63) is 53.1 Å². The summed E-state index contributed by atoms with van der Waals surface area (Å²) < 4.78 is 10.5. The number of hydrogen-bond acceptors (Lipinski definition) is 5. The highest BCUT2D eigenvalue weighted by Crippen LogP contribution is 2.27. The number of piperazine rings is 1. The molecule has 0 aliphatic carbocycles. The topological polar surface area (TPSA) is 62.8 Å². The van der Waals surface area contributed by atoms with Gasteiger partial charge in [0.05, 0.1) is 20.8 Å². The summed E-state index contributed by atoms with van der Waals surface area (Å²) in [7, 11) is 3.16. The molecule has 0 bridgehead atoms. The van der Waals surface area contributed by atoms with Crippen LogP contribution in [0, 0.1) is 0 Å². The predicted octanol–water partition coefficient (Wildman–Crippen LogP) is 3.36. The molecule has 0 radical (unpaired) electrons. The lowest BCUT2D eigenvalue weighted by molar-refractivity contribution is -0.118. The molecule has 1 aliphatic heterocycles. The Hall–Kier alpha value is -1.99. The van der Waals surface area contributed by atoms with Gasteiger partial charge < -0.3 is 20.1 Å². The molecular formula is C20H25Cl2N3O3. The molecule has 1 fully saturated rings. The second-order valence-corrected chi connectivity index (χ2v) is 6.83. The van der Waals surface area contributed by atoms with Gasteiger partial charge in [0.1, 0.15) is 11.5 Å². The molecule has 3 rings (SSSR count). The van der Waals surface area contributed by atoms with E-state index in [2.05, 4.69) is 15.5 Å². The first-order valence-electron chi connectivity index (χ1n) is 8.82. The molecule has 2 aromatic rings. The fourth-order valence-corrected chi connectivity index (χ4v) is 3.44. The Labute approximate surface area is 176 Å². The third kappa shape index (κ3) is 5.75. The minimum Gasteiger partial charge on any atom is -0.497 e. The number of halogens is 2. The molecule has 8 heteroatoms. The van der Waals surface area contributed by atoms with Gasteiger partial charge >= 0.3 is 0 Å². The Bertz CT molecular complexity index is 782. The molecule has 0 spiro atoms.